The summed E-state index contributed by atoms with van der Waals surface area (Å²) in [7, 11) is 1.67. The summed E-state index contributed by atoms with van der Waals surface area (Å²) in [6.07, 6.45) is 0.477. The van der Waals surface area contributed by atoms with Crippen molar-refractivity contribution in [1.82, 2.24) is 5.01 Å². The molecule has 0 fully saturated rings. The molecule has 0 saturated carbocycles. The van der Waals surface area contributed by atoms with Gasteiger partial charge >= 0.3 is 0 Å². The summed E-state index contributed by atoms with van der Waals surface area (Å²) in [5.74, 6) is 1.53. The van der Waals surface area contributed by atoms with Crippen LogP contribution in [0.4, 0.5) is 0 Å². The van der Waals surface area contributed by atoms with Gasteiger partial charge in [-0.15, -0.1) is 0 Å². The molecule has 3 aromatic rings. The topological polar surface area (TPSA) is 34.1 Å². The van der Waals surface area contributed by atoms with Crippen molar-refractivity contribution in [3.05, 3.63) is 94.5 Å². The minimum atomic E-state index is -0.340. The van der Waals surface area contributed by atoms with Gasteiger partial charge in [-0.1, -0.05) is 66.2 Å². The van der Waals surface area contributed by atoms with Gasteiger partial charge in [-0.25, -0.2) is 5.01 Å². The van der Waals surface area contributed by atoms with Crippen LogP contribution in [0.1, 0.15) is 35.4 Å². The Kier molecular flexibility index (Phi) is 4.21. The molecule has 0 unspecified atom stereocenters. The van der Waals surface area contributed by atoms with Crippen LogP contribution in [0.2, 0.25) is 5.02 Å². The molecule has 0 radical (unpaired) electrons. The maximum atomic E-state index is 6.43. The Morgan fingerprint density at radius 3 is 2.54 bits per heavy atom. The zero-order valence-corrected chi connectivity index (χ0v) is 16.1. The molecule has 140 valence electrons. The number of benzene rings is 3. The van der Waals surface area contributed by atoms with E-state index in [9.17, 15) is 0 Å². The van der Waals surface area contributed by atoms with Crippen LogP contribution in [-0.4, -0.2) is 17.8 Å². The molecule has 0 amide bonds. The third-order valence-corrected chi connectivity index (χ3v) is 5.51. The van der Waals surface area contributed by atoms with E-state index in [1.807, 2.05) is 54.6 Å². The van der Waals surface area contributed by atoms with Crippen LogP contribution in [0, 0.1) is 0 Å². The Balaban J connectivity index is 1.62. The molecule has 5 heteroatoms. The molecule has 0 bridgehead atoms. The van der Waals surface area contributed by atoms with Crippen LogP contribution in [0.25, 0.3) is 0 Å². The molecule has 5 rings (SSSR count). The monoisotopic (exact) mass is 390 g/mol. The standard InChI is InChI=1S/C23H19ClN2O2/c1-27-21-9-5-8-18-20-14-19(15-6-3-2-4-7-15)25-26(20)23(28-22(18)21)16-10-12-17(24)13-11-16/h2-13,20,23H,14H2,1H3/t20-,23+/m1/s1. The number of halogens is 1. The molecule has 0 spiro atoms. The molecule has 4 nitrogen and oxygen atoms in total. The van der Waals surface area contributed by atoms with Crippen LogP contribution in [0.3, 0.4) is 0 Å². The zero-order valence-electron chi connectivity index (χ0n) is 15.4. The van der Waals surface area contributed by atoms with Crippen molar-refractivity contribution in [3.63, 3.8) is 0 Å². The van der Waals surface area contributed by atoms with Gasteiger partial charge in [0.25, 0.3) is 0 Å². The van der Waals surface area contributed by atoms with E-state index in [-0.39, 0.29) is 12.3 Å². The lowest BCUT2D eigenvalue weighted by Gasteiger charge is -2.38. The number of hydrazone groups is 1. The molecule has 3 aromatic carbocycles. The van der Waals surface area contributed by atoms with E-state index in [2.05, 4.69) is 23.2 Å². The highest BCUT2D eigenvalue weighted by Gasteiger charge is 2.42. The highest BCUT2D eigenvalue weighted by atomic mass is 35.5. The van der Waals surface area contributed by atoms with Crippen molar-refractivity contribution in [1.29, 1.82) is 0 Å². The van der Waals surface area contributed by atoms with E-state index in [1.165, 1.54) is 0 Å². The number of fused-ring (bicyclic) bond motifs is 3. The fourth-order valence-electron chi connectivity index (χ4n) is 3.90. The van der Waals surface area contributed by atoms with Crippen molar-refractivity contribution in [3.8, 4) is 11.5 Å². The number of para-hydroxylation sites is 1. The highest BCUT2D eigenvalue weighted by Crippen LogP contribution is 2.50. The second-order valence-corrected chi connectivity index (χ2v) is 7.35. The van der Waals surface area contributed by atoms with Crippen molar-refractivity contribution in [2.24, 2.45) is 5.10 Å². The second kappa shape index (κ2) is 6.88. The van der Waals surface area contributed by atoms with Gasteiger partial charge in [0.15, 0.2) is 11.5 Å². The fraction of sp³-hybridized carbons (Fsp3) is 0.174. The third kappa shape index (κ3) is 2.81. The maximum absolute atomic E-state index is 6.43. The predicted octanol–water partition coefficient (Wildman–Crippen LogP) is 5.59. The molecule has 2 aliphatic heterocycles. The van der Waals surface area contributed by atoms with E-state index in [0.29, 0.717) is 5.02 Å². The van der Waals surface area contributed by atoms with Crippen LogP contribution in [0.15, 0.2) is 77.9 Å². The van der Waals surface area contributed by atoms with E-state index >= 15 is 0 Å². The Bertz CT molecular complexity index is 1030. The Morgan fingerprint density at radius 1 is 1.00 bits per heavy atom. The Labute approximate surface area is 169 Å². The second-order valence-electron chi connectivity index (χ2n) is 6.91. The van der Waals surface area contributed by atoms with Crippen LogP contribution in [-0.2, 0) is 0 Å². The molecule has 0 N–H and O–H groups in total. The van der Waals surface area contributed by atoms with Gasteiger partial charge in [-0.05, 0) is 23.8 Å². The number of ether oxygens (including phenoxy) is 2. The van der Waals surface area contributed by atoms with Gasteiger partial charge in [0.1, 0.15) is 0 Å². The number of nitrogens with zero attached hydrogens (tertiary/aromatic N) is 2. The van der Waals surface area contributed by atoms with E-state index < -0.39 is 0 Å². The van der Waals surface area contributed by atoms with E-state index in [0.717, 1.165) is 40.3 Å². The molecule has 28 heavy (non-hydrogen) atoms. The number of methoxy groups -OCH3 is 1. The minimum Gasteiger partial charge on any atom is -0.493 e. The molecule has 2 heterocycles. The van der Waals surface area contributed by atoms with Crippen LogP contribution >= 0.6 is 11.6 Å². The minimum absolute atomic E-state index is 0.0923. The van der Waals surface area contributed by atoms with Crippen molar-refractivity contribution >= 4 is 17.3 Å². The van der Waals surface area contributed by atoms with Crippen LogP contribution < -0.4 is 9.47 Å². The molecule has 0 aliphatic carbocycles. The molecule has 0 aromatic heterocycles. The third-order valence-electron chi connectivity index (χ3n) is 5.26. The zero-order chi connectivity index (χ0) is 19.1. The summed E-state index contributed by atoms with van der Waals surface area (Å²) < 4.78 is 12.0. The van der Waals surface area contributed by atoms with Gasteiger partial charge in [0.05, 0.1) is 18.9 Å². The smallest absolute Gasteiger partial charge is 0.214 e. The van der Waals surface area contributed by atoms with Crippen molar-refractivity contribution < 1.29 is 9.47 Å². The number of hydrogen-bond acceptors (Lipinski definition) is 4. The van der Waals surface area contributed by atoms with Crippen molar-refractivity contribution in [2.75, 3.05) is 7.11 Å². The van der Waals surface area contributed by atoms with Crippen molar-refractivity contribution in [2.45, 2.75) is 18.7 Å². The molecular formula is C23H19ClN2O2. The molecule has 2 atom stereocenters. The predicted molar refractivity (Wildman–Crippen MR) is 110 cm³/mol. The lowest BCUT2D eigenvalue weighted by atomic mass is 9.95. The van der Waals surface area contributed by atoms with E-state index in [1.54, 1.807) is 7.11 Å². The lowest BCUT2D eigenvalue weighted by molar-refractivity contribution is -0.0208. The quantitative estimate of drug-likeness (QED) is 0.584. The maximum Gasteiger partial charge on any atom is 0.214 e. The summed E-state index contributed by atoms with van der Waals surface area (Å²) in [6.45, 7) is 0. The Hall–Kier alpha value is -2.98. The summed E-state index contributed by atoms with van der Waals surface area (Å²) in [5, 5.41) is 7.73. The summed E-state index contributed by atoms with van der Waals surface area (Å²) in [6, 6.07) is 24.2. The normalized spacial score (nSPS) is 20.1. The first kappa shape index (κ1) is 17.1. The van der Waals surface area contributed by atoms with Gasteiger partial charge in [-0.3, -0.25) is 0 Å². The first-order valence-electron chi connectivity index (χ1n) is 9.25. The first-order chi connectivity index (χ1) is 13.7. The van der Waals surface area contributed by atoms with E-state index in [4.69, 9.17) is 26.2 Å². The highest BCUT2D eigenvalue weighted by molar-refractivity contribution is 6.30. The largest absolute Gasteiger partial charge is 0.493 e. The van der Waals surface area contributed by atoms with Gasteiger partial charge in [0.2, 0.25) is 6.23 Å². The lowest BCUT2D eigenvalue weighted by Crippen LogP contribution is -2.33. The fourth-order valence-corrected chi connectivity index (χ4v) is 4.02. The average molecular weight is 391 g/mol. The average Bonchev–Trinajstić information content (AvgIpc) is 3.20. The molecule has 0 saturated heterocycles. The Morgan fingerprint density at radius 2 is 1.79 bits per heavy atom. The summed E-state index contributed by atoms with van der Waals surface area (Å²) >= 11 is 6.09. The first-order valence-corrected chi connectivity index (χ1v) is 9.62. The molecule has 2 aliphatic rings. The van der Waals surface area contributed by atoms with Crippen LogP contribution in [0.5, 0.6) is 11.5 Å². The SMILES string of the molecule is COc1cccc2c1O[C@@H](c1ccc(Cl)cc1)N1N=C(c3ccccc3)C[C@H]21. The molecular weight excluding hydrogens is 372 g/mol. The summed E-state index contributed by atoms with van der Waals surface area (Å²) in [4.78, 5) is 0. The van der Waals surface area contributed by atoms with Gasteiger partial charge in [-0.2, -0.15) is 5.10 Å². The summed E-state index contributed by atoms with van der Waals surface area (Å²) in [5.41, 5.74) is 4.29. The number of rotatable bonds is 3. The van der Waals surface area contributed by atoms with Gasteiger partial charge < -0.3 is 9.47 Å². The number of hydrogen-bond donors (Lipinski definition) is 0. The van der Waals surface area contributed by atoms with Gasteiger partial charge in [0, 0.05) is 22.6 Å².